The van der Waals surface area contributed by atoms with Crippen molar-refractivity contribution in [3.8, 4) is 5.75 Å². The zero-order valence-corrected chi connectivity index (χ0v) is 22.9. The Hall–Kier alpha value is -4.34. The molecule has 1 aliphatic rings. The van der Waals surface area contributed by atoms with Gasteiger partial charge < -0.3 is 19.9 Å². The minimum Gasteiger partial charge on any atom is -0.406 e. The van der Waals surface area contributed by atoms with Gasteiger partial charge in [0.25, 0.3) is 11.5 Å². The molecule has 0 saturated carbocycles. The first kappa shape index (κ1) is 31.6. The van der Waals surface area contributed by atoms with Crippen LogP contribution in [0.2, 0.25) is 0 Å². The molecular weight excluding hydrogens is 581 g/mol. The number of halogens is 5. The van der Waals surface area contributed by atoms with Gasteiger partial charge >= 0.3 is 6.36 Å². The van der Waals surface area contributed by atoms with Crippen LogP contribution in [-0.2, 0) is 24.4 Å². The first-order valence-corrected chi connectivity index (χ1v) is 13.5. The van der Waals surface area contributed by atoms with Gasteiger partial charge in [-0.3, -0.25) is 19.3 Å². The number of pyridine rings is 1. The standard InChI is InChI=1S/C27H30F5N7O4/c28-19-4-2-8-37(14-19)17-24(40)34-21-7-10-38(25(41)12-21)9-6-20(29)15-39-16-23(35-36-39)26(42)33-13-18-3-1-5-22(11-18)43-27(30,31)32/h1,3,5,7,10-12,16,19-20H,2,4,6,8-9,13-15,17H2,(H,33,42)(H,34,40). The highest BCUT2D eigenvalue weighted by Gasteiger charge is 2.31. The number of carbonyl (C=O) groups excluding carboxylic acids is 2. The Labute approximate surface area is 242 Å². The number of hydrogen-bond acceptors (Lipinski definition) is 7. The number of nitrogens with zero attached hydrogens (tertiary/aromatic N) is 5. The number of rotatable bonds is 12. The van der Waals surface area contributed by atoms with E-state index in [4.69, 9.17) is 0 Å². The van der Waals surface area contributed by atoms with Crippen molar-refractivity contribution in [1.29, 1.82) is 0 Å². The van der Waals surface area contributed by atoms with Crippen LogP contribution in [0.3, 0.4) is 0 Å². The normalized spacial score (nSPS) is 16.4. The van der Waals surface area contributed by atoms with Crippen LogP contribution < -0.4 is 20.9 Å². The molecule has 3 heterocycles. The number of hydrogen-bond donors (Lipinski definition) is 2. The molecule has 43 heavy (non-hydrogen) atoms. The van der Waals surface area contributed by atoms with E-state index in [9.17, 15) is 36.3 Å². The highest BCUT2D eigenvalue weighted by atomic mass is 19.4. The molecule has 1 saturated heterocycles. The highest BCUT2D eigenvalue weighted by Crippen LogP contribution is 2.23. The molecule has 11 nitrogen and oxygen atoms in total. The van der Waals surface area contributed by atoms with Gasteiger partial charge in [0.05, 0.1) is 19.3 Å². The van der Waals surface area contributed by atoms with Gasteiger partial charge in [-0.2, -0.15) is 0 Å². The smallest absolute Gasteiger partial charge is 0.406 e. The molecule has 1 aliphatic heterocycles. The number of likely N-dealkylation sites (tertiary alicyclic amines) is 1. The SMILES string of the molecule is O=C(CN1CCCC(F)C1)Nc1ccn(CCC(F)Cn2cc(C(=O)NCc3cccc(OC(F)(F)F)c3)nn2)c(=O)c1. The molecule has 0 radical (unpaired) electrons. The number of benzene rings is 1. The van der Waals surface area contributed by atoms with Gasteiger partial charge in [0, 0.05) is 37.6 Å². The van der Waals surface area contributed by atoms with E-state index >= 15 is 0 Å². The second-order valence-electron chi connectivity index (χ2n) is 10.1. The van der Waals surface area contributed by atoms with E-state index in [2.05, 4.69) is 25.7 Å². The quantitative estimate of drug-likeness (QED) is 0.302. The Morgan fingerprint density at radius 2 is 2.00 bits per heavy atom. The van der Waals surface area contributed by atoms with E-state index in [1.165, 1.54) is 41.2 Å². The number of anilines is 1. The maximum atomic E-state index is 14.7. The molecule has 2 unspecified atom stereocenters. The summed E-state index contributed by atoms with van der Waals surface area (Å²) in [6.45, 7) is 0.542. The van der Waals surface area contributed by atoms with Crippen LogP contribution in [0.5, 0.6) is 5.75 Å². The summed E-state index contributed by atoms with van der Waals surface area (Å²) in [5.41, 5.74) is 0.0777. The predicted octanol–water partition coefficient (Wildman–Crippen LogP) is 3.07. The third kappa shape index (κ3) is 10.2. The van der Waals surface area contributed by atoms with Gasteiger partial charge in [-0.1, -0.05) is 17.3 Å². The van der Waals surface area contributed by atoms with E-state index in [-0.39, 0.29) is 56.4 Å². The molecular formula is C27H30F5N7O4. The zero-order valence-electron chi connectivity index (χ0n) is 22.9. The Morgan fingerprint density at radius 1 is 1.19 bits per heavy atom. The van der Waals surface area contributed by atoms with Crippen LogP contribution in [0.25, 0.3) is 0 Å². The largest absolute Gasteiger partial charge is 0.573 e. The summed E-state index contributed by atoms with van der Waals surface area (Å²) in [5.74, 6) is -1.45. The molecule has 4 rings (SSSR count). The maximum Gasteiger partial charge on any atom is 0.573 e. The average Bonchev–Trinajstić information content (AvgIpc) is 3.39. The lowest BCUT2D eigenvalue weighted by molar-refractivity contribution is -0.274. The minimum absolute atomic E-state index is 0.0212. The Balaban J connectivity index is 1.21. The van der Waals surface area contributed by atoms with Crippen LogP contribution in [0.15, 0.2) is 53.6 Å². The summed E-state index contributed by atoms with van der Waals surface area (Å²) in [4.78, 5) is 38.8. The minimum atomic E-state index is -4.84. The van der Waals surface area contributed by atoms with Crippen molar-refractivity contribution in [2.75, 3.05) is 25.0 Å². The van der Waals surface area contributed by atoms with Crippen molar-refractivity contribution >= 4 is 17.5 Å². The fourth-order valence-electron chi connectivity index (χ4n) is 4.51. The zero-order chi connectivity index (χ0) is 31.0. The monoisotopic (exact) mass is 611 g/mol. The Bertz CT molecular complexity index is 1460. The number of aromatic nitrogens is 4. The van der Waals surface area contributed by atoms with Crippen molar-refractivity contribution in [3.05, 3.63) is 70.4 Å². The topological polar surface area (TPSA) is 123 Å². The average molecular weight is 612 g/mol. The molecule has 3 aromatic rings. The molecule has 2 amide bonds. The molecule has 232 valence electrons. The number of alkyl halides is 5. The maximum absolute atomic E-state index is 14.7. The van der Waals surface area contributed by atoms with Crippen molar-refractivity contribution in [2.24, 2.45) is 0 Å². The number of aryl methyl sites for hydroxylation is 1. The molecule has 2 aromatic heterocycles. The van der Waals surface area contributed by atoms with Gasteiger partial charge in [-0.25, -0.2) is 13.5 Å². The van der Waals surface area contributed by atoms with Crippen LogP contribution in [-0.4, -0.2) is 74.6 Å². The van der Waals surface area contributed by atoms with Crippen LogP contribution >= 0.6 is 0 Å². The van der Waals surface area contributed by atoms with E-state index < -0.39 is 35.9 Å². The molecule has 0 spiro atoms. The summed E-state index contributed by atoms with van der Waals surface area (Å²) < 4.78 is 71.7. The molecule has 1 aromatic carbocycles. The van der Waals surface area contributed by atoms with Gasteiger partial charge in [0.1, 0.15) is 18.1 Å². The Kier molecular flexibility index (Phi) is 10.4. The lowest BCUT2D eigenvalue weighted by Crippen LogP contribution is -2.41. The van der Waals surface area contributed by atoms with Crippen molar-refractivity contribution in [2.45, 2.75) is 57.6 Å². The van der Waals surface area contributed by atoms with Gasteiger partial charge in [-0.15, -0.1) is 18.3 Å². The summed E-state index contributed by atoms with van der Waals surface area (Å²) in [7, 11) is 0. The van der Waals surface area contributed by atoms with Crippen molar-refractivity contribution in [3.63, 3.8) is 0 Å². The first-order chi connectivity index (χ1) is 20.4. The van der Waals surface area contributed by atoms with E-state index in [1.54, 1.807) is 4.90 Å². The molecule has 2 N–H and O–H groups in total. The van der Waals surface area contributed by atoms with E-state index in [1.807, 2.05) is 0 Å². The molecule has 1 fully saturated rings. The number of nitrogens with one attached hydrogen (secondary N) is 2. The first-order valence-electron chi connectivity index (χ1n) is 13.5. The summed E-state index contributed by atoms with van der Waals surface area (Å²) in [5, 5.41) is 12.6. The van der Waals surface area contributed by atoms with Crippen molar-refractivity contribution in [1.82, 2.24) is 29.8 Å². The third-order valence-electron chi connectivity index (χ3n) is 6.52. The molecule has 0 bridgehead atoms. The Morgan fingerprint density at radius 3 is 2.74 bits per heavy atom. The molecule has 0 aliphatic carbocycles. The van der Waals surface area contributed by atoms with Gasteiger partial charge in [0.15, 0.2) is 5.69 Å². The lowest BCUT2D eigenvalue weighted by Gasteiger charge is -2.28. The second-order valence-corrected chi connectivity index (χ2v) is 10.1. The number of ether oxygens (including phenoxy) is 1. The third-order valence-corrected chi connectivity index (χ3v) is 6.52. The summed E-state index contributed by atoms with van der Waals surface area (Å²) in [6, 6.07) is 7.85. The van der Waals surface area contributed by atoms with E-state index in [0.717, 1.165) is 16.8 Å². The lowest BCUT2D eigenvalue weighted by atomic mass is 10.1. The fourth-order valence-corrected chi connectivity index (χ4v) is 4.51. The predicted molar refractivity (Wildman–Crippen MR) is 144 cm³/mol. The van der Waals surface area contributed by atoms with Crippen molar-refractivity contribution < 1.29 is 36.3 Å². The highest BCUT2D eigenvalue weighted by molar-refractivity contribution is 5.92. The summed E-state index contributed by atoms with van der Waals surface area (Å²) >= 11 is 0. The van der Waals surface area contributed by atoms with Crippen LogP contribution in [0, 0.1) is 0 Å². The summed E-state index contributed by atoms with van der Waals surface area (Å²) in [6.07, 6.45) is -3.46. The number of amides is 2. The number of carbonyl (C=O) groups is 2. The molecule has 16 heteroatoms. The molecule has 2 atom stereocenters. The van der Waals surface area contributed by atoms with Gasteiger partial charge in [0.2, 0.25) is 5.91 Å². The number of piperidine rings is 1. The van der Waals surface area contributed by atoms with Crippen LogP contribution in [0.1, 0.15) is 35.3 Å². The second kappa shape index (κ2) is 14.2. The fraction of sp³-hybridized carbons (Fsp3) is 0.444. The van der Waals surface area contributed by atoms with Gasteiger partial charge in [-0.05, 0) is 49.6 Å². The van der Waals surface area contributed by atoms with E-state index in [0.29, 0.717) is 24.9 Å². The van der Waals surface area contributed by atoms with Crippen LogP contribution in [0.4, 0.5) is 27.6 Å².